The molecule has 186 valence electrons. The van der Waals surface area contributed by atoms with E-state index < -0.39 is 32.0 Å². The number of hydrogen-bond acceptors (Lipinski definition) is 6. The van der Waals surface area contributed by atoms with Crippen LogP contribution in [0.3, 0.4) is 0 Å². The Balaban J connectivity index is 1.45. The van der Waals surface area contributed by atoms with Crippen molar-refractivity contribution in [2.75, 3.05) is 12.3 Å². The monoisotopic (exact) mass is 533 g/mol. The van der Waals surface area contributed by atoms with Crippen LogP contribution in [0.15, 0.2) is 71.6 Å². The second-order valence-corrected chi connectivity index (χ2v) is 13.0. The molecule has 1 heterocycles. The molecular weight excluding hydrogens is 506 g/mol. The van der Waals surface area contributed by atoms with Crippen molar-refractivity contribution in [3.63, 3.8) is 0 Å². The number of rotatable bonds is 8. The Labute approximate surface area is 211 Å². The number of carbonyl (C=O) groups is 1. The first-order valence-electron chi connectivity index (χ1n) is 11.1. The predicted octanol–water partition coefficient (Wildman–Crippen LogP) is 2.40. The van der Waals surface area contributed by atoms with E-state index >= 15 is 0 Å². The molecule has 1 fully saturated rings. The molecule has 1 aliphatic heterocycles. The SMILES string of the molecule is Cc1ccc(S(=O)(=O)NNC(=O)[C@@H]2C[C@@H](S)CN2S(=O)(=O)CCc2cccc3ccccc23)cc1. The van der Waals surface area contributed by atoms with Crippen LogP contribution in [0.4, 0.5) is 0 Å². The van der Waals surface area contributed by atoms with Gasteiger partial charge in [0.25, 0.3) is 15.9 Å². The molecule has 0 spiro atoms. The van der Waals surface area contributed by atoms with E-state index in [0.717, 1.165) is 26.2 Å². The van der Waals surface area contributed by atoms with Gasteiger partial charge in [-0.1, -0.05) is 60.2 Å². The third-order valence-electron chi connectivity index (χ3n) is 6.04. The van der Waals surface area contributed by atoms with Crippen molar-refractivity contribution in [2.45, 2.75) is 36.0 Å². The summed E-state index contributed by atoms with van der Waals surface area (Å²) in [7, 11) is -7.82. The summed E-state index contributed by atoms with van der Waals surface area (Å²) >= 11 is 4.39. The highest BCUT2D eigenvalue weighted by atomic mass is 32.2. The fourth-order valence-electron chi connectivity index (χ4n) is 4.17. The summed E-state index contributed by atoms with van der Waals surface area (Å²) in [6.45, 7) is 1.90. The first-order valence-corrected chi connectivity index (χ1v) is 14.7. The number of benzene rings is 3. The Morgan fingerprint density at radius 1 is 1.00 bits per heavy atom. The quantitative estimate of drug-likeness (QED) is 0.304. The van der Waals surface area contributed by atoms with Crippen molar-refractivity contribution in [1.29, 1.82) is 0 Å². The van der Waals surface area contributed by atoms with E-state index in [1.165, 1.54) is 12.1 Å². The van der Waals surface area contributed by atoms with E-state index in [2.05, 4.69) is 22.9 Å². The van der Waals surface area contributed by atoms with Gasteiger partial charge in [0, 0.05) is 11.8 Å². The normalized spacial score (nSPS) is 19.1. The molecule has 1 amide bonds. The summed E-state index contributed by atoms with van der Waals surface area (Å²) in [5, 5.41) is 1.67. The zero-order chi connectivity index (χ0) is 25.2. The Morgan fingerprint density at radius 3 is 2.43 bits per heavy atom. The van der Waals surface area contributed by atoms with Crippen LogP contribution in [0.2, 0.25) is 0 Å². The van der Waals surface area contributed by atoms with Gasteiger partial charge in [-0.2, -0.15) is 16.9 Å². The minimum Gasteiger partial charge on any atom is -0.276 e. The number of hydrazine groups is 1. The van der Waals surface area contributed by atoms with Gasteiger partial charge >= 0.3 is 0 Å². The number of nitrogens with zero attached hydrogens (tertiary/aromatic N) is 1. The lowest BCUT2D eigenvalue weighted by Gasteiger charge is -2.23. The van der Waals surface area contributed by atoms with E-state index in [1.807, 2.05) is 49.4 Å². The van der Waals surface area contributed by atoms with Crippen LogP contribution in [0.5, 0.6) is 0 Å². The molecule has 8 nitrogen and oxygen atoms in total. The van der Waals surface area contributed by atoms with Gasteiger partial charge in [0.1, 0.15) is 6.04 Å². The second kappa shape index (κ2) is 10.3. The van der Waals surface area contributed by atoms with Crippen LogP contribution in [0, 0.1) is 6.92 Å². The minimum absolute atomic E-state index is 0.0125. The van der Waals surface area contributed by atoms with Crippen molar-refractivity contribution in [1.82, 2.24) is 14.6 Å². The average Bonchev–Trinajstić information content (AvgIpc) is 3.24. The van der Waals surface area contributed by atoms with Gasteiger partial charge in [-0.3, -0.25) is 10.2 Å². The summed E-state index contributed by atoms with van der Waals surface area (Å²) < 4.78 is 52.6. The Kier molecular flexibility index (Phi) is 7.53. The molecule has 0 aromatic heterocycles. The predicted molar refractivity (Wildman–Crippen MR) is 139 cm³/mol. The summed E-state index contributed by atoms with van der Waals surface area (Å²) in [6.07, 6.45) is 0.459. The summed E-state index contributed by atoms with van der Waals surface area (Å²) in [5.74, 6) is -0.925. The molecule has 3 aromatic rings. The molecule has 1 saturated heterocycles. The molecule has 0 unspecified atom stereocenters. The molecule has 2 atom stereocenters. The number of sulfonamides is 2. The maximum atomic E-state index is 13.2. The topological polar surface area (TPSA) is 113 Å². The number of aryl methyl sites for hydroxylation is 2. The third kappa shape index (κ3) is 5.87. The first kappa shape index (κ1) is 25.6. The lowest BCUT2D eigenvalue weighted by atomic mass is 10.0. The van der Waals surface area contributed by atoms with Crippen LogP contribution in [0.25, 0.3) is 10.8 Å². The van der Waals surface area contributed by atoms with Crippen molar-refractivity contribution >= 4 is 49.4 Å². The fourth-order valence-corrected chi connectivity index (χ4v) is 7.20. The molecule has 35 heavy (non-hydrogen) atoms. The van der Waals surface area contributed by atoms with Crippen molar-refractivity contribution in [3.05, 3.63) is 77.9 Å². The molecule has 0 bridgehead atoms. The maximum absolute atomic E-state index is 13.2. The van der Waals surface area contributed by atoms with Gasteiger partial charge < -0.3 is 0 Å². The molecule has 1 aliphatic rings. The van der Waals surface area contributed by atoms with E-state index in [1.54, 1.807) is 12.1 Å². The molecule has 0 saturated carbocycles. The number of thiol groups is 1. The van der Waals surface area contributed by atoms with Crippen LogP contribution < -0.4 is 10.3 Å². The molecular formula is C24H27N3O5S3. The van der Waals surface area contributed by atoms with Gasteiger partial charge in [0.15, 0.2) is 0 Å². The second-order valence-electron chi connectivity index (χ2n) is 8.59. The molecule has 0 radical (unpaired) electrons. The highest BCUT2D eigenvalue weighted by molar-refractivity contribution is 7.89. The number of fused-ring (bicyclic) bond motifs is 1. The number of hydrogen-bond donors (Lipinski definition) is 3. The lowest BCUT2D eigenvalue weighted by molar-refractivity contribution is -0.124. The van der Waals surface area contributed by atoms with Gasteiger partial charge in [-0.25, -0.2) is 16.8 Å². The van der Waals surface area contributed by atoms with Crippen LogP contribution in [-0.4, -0.2) is 50.6 Å². The Hall–Kier alpha value is -2.44. The lowest BCUT2D eigenvalue weighted by Crippen LogP contribution is -2.51. The number of nitrogens with one attached hydrogen (secondary N) is 2. The number of amides is 1. The molecule has 4 rings (SSSR count). The maximum Gasteiger partial charge on any atom is 0.257 e. The van der Waals surface area contributed by atoms with Gasteiger partial charge in [0.05, 0.1) is 10.6 Å². The van der Waals surface area contributed by atoms with Gasteiger partial charge in [0.2, 0.25) is 10.0 Å². The van der Waals surface area contributed by atoms with E-state index in [0.29, 0.717) is 0 Å². The zero-order valence-electron chi connectivity index (χ0n) is 19.1. The zero-order valence-corrected chi connectivity index (χ0v) is 21.6. The molecule has 11 heteroatoms. The highest BCUT2D eigenvalue weighted by Crippen LogP contribution is 2.27. The molecule has 0 aliphatic carbocycles. The van der Waals surface area contributed by atoms with Crippen LogP contribution in [0.1, 0.15) is 17.5 Å². The van der Waals surface area contributed by atoms with Gasteiger partial charge in [-0.05, 0) is 48.2 Å². The number of carbonyl (C=O) groups excluding carboxylic acids is 1. The smallest absolute Gasteiger partial charge is 0.257 e. The minimum atomic E-state index is -4.00. The van der Waals surface area contributed by atoms with Crippen molar-refractivity contribution in [2.24, 2.45) is 0 Å². The van der Waals surface area contributed by atoms with Gasteiger partial charge in [-0.15, -0.1) is 4.83 Å². The summed E-state index contributed by atoms with van der Waals surface area (Å²) in [4.78, 5) is 14.9. The average molecular weight is 534 g/mol. The first-order chi connectivity index (χ1) is 16.6. The van der Waals surface area contributed by atoms with Crippen molar-refractivity contribution < 1.29 is 21.6 Å². The van der Waals surface area contributed by atoms with E-state index in [-0.39, 0.29) is 35.3 Å². The Morgan fingerprint density at radius 2 is 1.69 bits per heavy atom. The largest absolute Gasteiger partial charge is 0.276 e. The third-order valence-corrected chi connectivity index (χ3v) is 9.52. The summed E-state index contributed by atoms with van der Waals surface area (Å²) in [5.41, 5.74) is 3.98. The standard InChI is InChI=1S/C24H27N3O5S3/c1-17-9-11-21(12-10-17)35(31,32)26-25-24(28)23-15-20(33)16-27(23)34(29,30)14-13-19-7-4-6-18-5-2-3-8-22(18)19/h2-12,20,23,26,33H,13-16H2,1H3,(H,25,28)/t20-,23+/m1/s1. The van der Waals surface area contributed by atoms with E-state index in [9.17, 15) is 21.6 Å². The van der Waals surface area contributed by atoms with Crippen LogP contribution in [-0.2, 0) is 31.3 Å². The molecule has 3 aromatic carbocycles. The molecule has 2 N–H and O–H groups in total. The van der Waals surface area contributed by atoms with Crippen molar-refractivity contribution in [3.8, 4) is 0 Å². The van der Waals surface area contributed by atoms with E-state index in [4.69, 9.17) is 0 Å². The highest BCUT2D eigenvalue weighted by Gasteiger charge is 2.42. The summed E-state index contributed by atoms with van der Waals surface area (Å²) in [6, 6.07) is 18.6. The fraction of sp³-hybridized carbons (Fsp3) is 0.292. The van der Waals surface area contributed by atoms with Crippen LogP contribution >= 0.6 is 12.6 Å². The Bertz CT molecular complexity index is 1440.